The summed E-state index contributed by atoms with van der Waals surface area (Å²) in [5.74, 6) is -2.34. The van der Waals surface area contributed by atoms with Gasteiger partial charge >= 0.3 is 5.97 Å². The second kappa shape index (κ2) is 7.49. The highest BCUT2D eigenvalue weighted by Crippen LogP contribution is 2.19. The highest BCUT2D eigenvalue weighted by molar-refractivity contribution is 6.31. The van der Waals surface area contributed by atoms with Crippen molar-refractivity contribution < 1.29 is 19.1 Å². The molecule has 0 aliphatic rings. The molecule has 0 aliphatic carbocycles. The van der Waals surface area contributed by atoms with Crippen LogP contribution in [0, 0.1) is 5.82 Å². The molecule has 7 nitrogen and oxygen atoms in total. The van der Waals surface area contributed by atoms with E-state index in [4.69, 9.17) is 16.7 Å². The number of hydrogen-bond donors (Lipinski definition) is 3. The second-order valence-corrected chi connectivity index (χ2v) is 6.13. The summed E-state index contributed by atoms with van der Waals surface area (Å²) in [4.78, 5) is 23.6. The Morgan fingerprint density at radius 3 is 2.81 bits per heavy atom. The molecular formula is C17H14ClFN4O3. The van der Waals surface area contributed by atoms with E-state index in [2.05, 4.69) is 20.7 Å². The maximum atomic E-state index is 14.0. The molecule has 1 aromatic heterocycles. The predicted octanol–water partition coefficient (Wildman–Crippen LogP) is 2.57. The number of nitrogens with one attached hydrogen (secondary N) is 2. The van der Waals surface area contributed by atoms with Crippen LogP contribution in [0.4, 0.5) is 4.39 Å². The maximum absolute atomic E-state index is 14.0. The summed E-state index contributed by atoms with van der Waals surface area (Å²) in [5.41, 5.74) is 1.04. The number of aromatic nitrogens is 3. The quantitative estimate of drug-likeness (QED) is 0.612. The first-order valence-electron chi connectivity index (χ1n) is 7.70. The van der Waals surface area contributed by atoms with Crippen molar-refractivity contribution in [2.24, 2.45) is 0 Å². The van der Waals surface area contributed by atoms with Gasteiger partial charge in [0.2, 0.25) is 0 Å². The molecule has 26 heavy (non-hydrogen) atoms. The van der Waals surface area contributed by atoms with E-state index in [1.165, 1.54) is 6.07 Å². The molecule has 0 aliphatic heterocycles. The van der Waals surface area contributed by atoms with E-state index < -0.39 is 23.7 Å². The molecule has 9 heteroatoms. The van der Waals surface area contributed by atoms with Crippen molar-refractivity contribution in [1.29, 1.82) is 0 Å². The molecule has 0 saturated carbocycles. The lowest BCUT2D eigenvalue weighted by Gasteiger charge is -2.18. The molecular weight excluding hydrogens is 363 g/mol. The summed E-state index contributed by atoms with van der Waals surface area (Å²) in [5, 5.41) is 21.8. The van der Waals surface area contributed by atoms with Crippen LogP contribution >= 0.6 is 11.6 Å². The summed E-state index contributed by atoms with van der Waals surface area (Å²) in [7, 11) is 0. The molecule has 0 radical (unpaired) electrons. The van der Waals surface area contributed by atoms with E-state index in [0.29, 0.717) is 10.6 Å². The van der Waals surface area contributed by atoms with Gasteiger partial charge in [-0.2, -0.15) is 0 Å². The second-order valence-electron chi connectivity index (χ2n) is 5.73. The summed E-state index contributed by atoms with van der Waals surface area (Å²) in [6.45, 7) is 0. The Morgan fingerprint density at radius 1 is 1.31 bits per heavy atom. The Bertz CT molecular complexity index is 976. The first-order valence-corrected chi connectivity index (χ1v) is 8.08. The number of nitrogens with zero attached hydrogens (tertiary/aromatic N) is 2. The highest BCUT2D eigenvalue weighted by Gasteiger charge is 2.20. The standard InChI is InChI=1S/C17H14ClFN4O3/c18-12-4-2-1-3-9(12)5-11(8-15(24)25)20-17(26)10-6-13(19)16-14(7-10)21-23-22-16/h1-4,6-7,11H,5,8H2,(H,20,26)(H,24,25)(H,21,22,23)/t11-/m1/s1. The SMILES string of the molecule is O=C(O)C[C@@H](Cc1ccccc1Cl)NC(=O)c1cc(F)c2[nH]nnc2c1. The normalized spacial score (nSPS) is 12.1. The molecule has 0 spiro atoms. The lowest BCUT2D eigenvalue weighted by Crippen LogP contribution is -2.38. The van der Waals surface area contributed by atoms with Gasteiger partial charge in [0.15, 0.2) is 5.82 Å². The number of H-pyrrole nitrogens is 1. The molecule has 3 aromatic rings. The number of carbonyl (C=O) groups is 2. The van der Waals surface area contributed by atoms with Crippen LogP contribution in [0.25, 0.3) is 11.0 Å². The number of rotatable bonds is 6. The number of hydrogen-bond acceptors (Lipinski definition) is 4. The highest BCUT2D eigenvalue weighted by atomic mass is 35.5. The van der Waals surface area contributed by atoms with Crippen LogP contribution in [0.15, 0.2) is 36.4 Å². The van der Waals surface area contributed by atoms with E-state index in [1.807, 2.05) is 0 Å². The third kappa shape index (κ3) is 3.97. The van der Waals surface area contributed by atoms with Gasteiger partial charge in [-0.3, -0.25) is 14.7 Å². The molecule has 3 rings (SSSR count). The van der Waals surface area contributed by atoms with Gasteiger partial charge in [-0.25, -0.2) is 4.39 Å². The van der Waals surface area contributed by atoms with Crippen LogP contribution in [-0.4, -0.2) is 38.4 Å². The van der Waals surface area contributed by atoms with Gasteiger partial charge in [-0.1, -0.05) is 35.0 Å². The fraction of sp³-hybridized carbons (Fsp3) is 0.176. The minimum absolute atomic E-state index is 0.0263. The molecule has 1 atom stereocenters. The zero-order valence-electron chi connectivity index (χ0n) is 13.4. The fourth-order valence-electron chi connectivity index (χ4n) is 2.62. The van der Waals surface area contributed by atoms with Crippen molar-refractivity contribution in [2.45, 2.75) is 18.9 Å². The number of fused-ring (bicyclic) bond motifs is 1. The third-order valence-electron chi connectivity index (χ3n) is 3.83. The molecule has 0 unspecified atom stereocenters. The van der Waals surface area contributed by atoms with Gasteiger partial charge in [0.25, 0.3) is 5.91 Å². The summed E-state index contributed by atoms with van der Waals surface area (Å²) in [6, 6.07) is 8.68. The Morgan fingerprint density at radius 2 is 2.08 bits per heavy atom. The Balaban J connectivity index is 1.81. The first-order chi connectivity index (χ1) is 12.4. The third-order valence-corrected chi connectivity index (χ3v) is 4.20. The Labute approximate surface area is 152 Å². The van der Waals surface area contributed by atoms with Crippen molar-refractivity contribution in [2.75, 3.05) is 0 Å². The Hall–Kier alpha value is -3.00. The van der Waals surface area contributed by atoms with Crippen molar-refractivity contribution in [1.82, 2.24) is 20.7 Å². The zero-order chi connectivity index (χ0) is 18.7. The van der Waals surface area contributed by atoms with E-state index in [0.717, 1.165) is 6.07 Å². The van der Waals surface area contributed by atoms with Gasteiger partial charge in [0, 0.05) is 16.6 Å². The predicted molar refractivity (Wildman–Crippen MR) is 92.5 cm³/mol. The fourth-order valence-corrected chi connectivity index (χ4v) is 2.84. The number of carboxylic acids is 1. The first kappa shape index (κ1) is 17.8. The lowest BCUT2D eigenvalue weighted by atomic mass is 10.0. The number of benzene rings is 2. The minimum Gasteiger partial charge on any atom is -0.481 e. The van der Waals surface area contributed by atoms with Gasteiger partial charge in [0.1, 0.15) is 11.0 Å². The van der Waals surface area contributed by atoms with Crippen LogP contribution in [-0.2, 0) is 11.2 Å². The number of aromatic amines is 1. The molecule has 0 bridgehead atoms. The average molecular weight is 377 g/mol. The smallest absolute Gasteiger partial charge is 0.305 e. The molecule has 1 heterocycles. The minimum atomic E-state index is -1.07. The van der Waals surface area contributed by atoms with Crippen LogP contribution in [0.1, 0.15) is 22.3 Å². The van der Waals surface area contributed by atoms with Gasteiger partial charge in [-0.05, 0) is 30.2 Å². The molecule has 1 amide bonds. The molecule has 2 aromatic carbocycles. The van der Waals surface area contributed by atoms with Gasteiger partial charge in [0.05, 0.1) is 6.42 Å². The van der Waals surface area contributed by atoms with Gasteiger partial charge in [-0.15, -0.1) is 5.10 Å². The molecule has 3 N–H and O–H groups in total. The van der Waals surface area contributed by atoms with Crippen LogP contribution in [0.3, 0.4) is 0 Å². The summed E-state index contributed by atoms with van der Waals surface area (Å²) >= 11 is 6.10. The van der Waals surface area contributed by atoms with Crippen molar-refractivity contribution in [3.05, 3.63) is 58.4 Å². The van der Waals surface area contributed by atoms with Crippen molar-refractivity contribution in [3.63, 3.8) is 0 Å². The number of halogens is 2. The van der Waals surface area contributed by atoms with E-state index >= 15 is 0 Å². The van der Waals surface area contributed by atoms with E-state index in [9.17, 15) is 14.0 Å². The van der Waals surface area contributed by atoms with Gasteiger partial charge < -0.3 is 10.4 Å². The molecule has 134 valence electrons. The number of carboxylic acid groups (broad SMARTS) is 1. The summed E-state index contributed by atoms with van der Waals surface area (Å²) in [6.07, 6.45) is -0.0714. The lowest BCUT2D eigenvalue weighted by molar-refractivity contribution is -0.137. The summed E-state index contributed by atoms with van der Waals surface area (Å²) < 4.78 is 14.0. The monoisotopic (exact) mass is 376 g/mol. The molecule has 0 saturated heterocycles. The zero-order valence-corrected chi connectivity index (χ0v) is 14.1. The number of amides is 1. The largest absolute Gasteiger partial charge is 0.481 e. The van der Waals surface area contributed by atoms with Crippen LogP contribution in [0.5, 0.6) is 0 Å². The average Bonchev–Trinajstić information content (AvgIpc) is 3.05. The van der Waals surface area contributed by atoms with E-state index in [-0.39, 0.29) is 29.4 Å². The number of carbonyl (C=O) groups excluding carboxylic acids is 1. The van der Waals surface area contributed by atoms with Crippen LogP contribution in [0.2, 0.25) is 5.02 Å². The van der Waals surface area contributed by atoms with Crippen LogP contribution < -0.4 is 5.32 Å². The number of aliphatic carboxylic acids is 1. The Kier molecular flexibility index (Phi) is 5.13. The maximum Gasteiger partial charge on any atom is 0.305 e. The van der Waals surface area contributed by atoms with Crippen molar-refractivity contribution >= 4 is 34.5 Å². The molecule has 0 fully saturated rings. The van der Waals surface area contributed by atoms with Crippen molar-refractivity contribution in [3.8, 4) is 0 Å². The van der Waals surface area contributed by atoms with E-state index in [1.54, 1.807) is 24.3 Å². The topological polar surface area (TPSA) is 108 Å².